The molecule has 3 heteroatoms. The van der Waals surface area contributed by atoms with Crippen molar-refractivity contribution in [2.24, 2.45) is 0 Å². The van der Waals surface area contributed by atoms with Crippen LogP contribution in [0.15, 0.2) is 91.0 Å². The van der Waals surface area contributed by atoms with Gasteiger partial charge in [0.2, 0.25) is 0 Å². The fourth-order valence-corrected chi connectivity index (χ4v) is 3.90. The largest absolute Gasteiger partial charge is 0.345 e. The summed E-state index contributed by atoms with van der Waals surface area (Å²) in [5, 5.41) is 2.49. The molecule has 0 N–H and O–H groups in total. The van der Waals surface area contributed by atoms with Gasteiger partial charge in [-0.25, -0.2) is 0 Å². The van der Waals surface area contributed by atoms with Gasteiger partial charge in [-0.3, -0.25) is 0 Å². The lowest BCUT2D eigenvalue weighted by molar-refractivity contribution is 0.350. The number of rotatable bonds is 5. The van der Waals surface area contributed by atoms with E-state index >= 15 is 0 Å². The Morgan fingerprint density at radius 1 is 0.591 bits per heavy atom. The van der Waals surface area contributed by atoms with Crippen LogP contribution in [0.25, 0.3) is 0 Å². The molecule has 0 saturated heterocycles. The van der Waals surface area contributed by atoms with Crippen LogP contribution in [-0.2, 0) is 11.1 Å². The van der Waals surface area contributed by atoms with Gasteiger partial charge in [0, 0.05) is 10.6 Å². The molecule has 0 atom stereocenters. The average Bonchev–Trinajstić information content (AvgIpc) is 2.58. The Morgan fingerprint density at radius 2 is 1.00 bits per heavy atom. The van der Waals surface area contributed by atoms with Crippen molar-refractivity contribution >= 4 is 31.2 Å². The third-order valence-electron chi connectivity index (χ3n) is 3.18. The van der Waals surface area contributed by atoms with Crippen LogP contribution in [0, 0.1) is 0 Å². The minimum absolute atomic E-state index is 0. The van der Waals surface area contributed by atoms with Gasteiger partial charge >= 0.3 is 0 Å². The zero-order chi connectivity index (χ0) is 14.3. The van der Waals surface area contributed by atoms with Gasteiger partial charge in [-0.15, -0.1) is 12.4 Å². The Balaban J connectivity index is 0.00000176. The topological polar surface area (TPSA) is 9.23 Å². The minimum Gasteiger partial charge on any atom is -0.345 e. The first-order valence-electron chi connectivity index (χ1n) is 7.00. The van der Waals surface area contributed by atoms with Crippen LogP contribution in [0.3, 0.4) is 0 Å². The van der Waals surface area contributed by atoms with Crippen LogP contribution in [0.1, 0.15) is 5.56 Å². The summed E-state index contributed by atoms with van der Waals surface area (Å²) in [5.74, 6) is 0. The van der Waals surface area contributed by atoms with Crippen molar-refractivity contribution in [3.8, 4) is 0 Å². The molecular weight excluding hydrogens is 311 g/mol. The zero-order valence-electron chi connectivity index (χ0n) is 12.1. The predicted octanol–water partition coefficient (Wildman–Crippen LogP) is 4.67. The summed E-state index contributed by atoms with van der Waals surface area (Å²) in [7, 11) is -0.775. The van der Waals surface area contributed by atoms with E-state index in [1.807, 2.05) is 30.3 Å². The molecule has 0 bridgehead atoms. The summed E-state index contributed by atoms with van der Waals surface area (Å²) in [5.41, 5.74) is 1.21. The van der Waals surface area contributed by atoms with Gasteiger partial charge in [-0.1, -0.05) is 91.0 Å². The highest BCUT2D eigenvalue weighted by Crippen LogP contribution is 2.35. The van der Waals surface area contributed by atoms with Crippen molar-refractivity contribution in [3.05, 3.63) is 96.6 Å². The van der Waals surface area contributed by atoms with E-state index in [-0.39, 0.29) is 12.4 Å². The van der Waals surface area contributed by atoms with E-state index in [0.29, 0.717) is 6.61 Å². The second-order valence-electron chi connectivity index (χ2n) is 4.72. The van der Waals surface area contributed by atoms with Crippen molar-refractivity contribution in [1.29, 1.82) is 0 Å². The lowest BCUT2D eigenvalue weighted by Crippen LogP contribution is -2.13. The molecule has 0 amide bonds. The lowest BCUT2D eigenvalue weighted by atomic mass is 10.2. The molecule has 22 heavy (non-hydrogen) atoms. The first-order valence-corrected chi connectivity index (χ1v) is 8.26. The van der Waals surface area contributed by atoms with E-state index in [1.165, 1.54) is 16.2 Å². The SMILES string of the molecule is Cl.c1ccc(COP(c2ccccc2)c2ccccc2)cc1. The Hall–Kier alpha value is -1.66. The average molecular weight is 329 g/mol. The first kappa shape index (κ1) is 16.7. The molecule has 3 rings (SSSR count). The lowest BCUT2D eigenvalue weighted by Gasteiger charge is -2.18. The summed E-state index contributed by atoms with van der Waals surface area (Å²) < 4.78 is 6.27. The molecular formula is C19H18ClOP. The van der Waals surface area contributed by atoms with Crippen molar-refractivity contribution in [2.45, 2.75) is 6.61 Å². The third kappa shape index (κ3) is 4.42. The van der Waals surface area contributed by atoms with Gasteiger partial charge in [-0.2, -0.15) is 0 Å². The van der Waals surface area contributed by atoms with Crippen LogP contribution in [-0.4, -0.2) is 0 Å². The minimum atomic E-state index is -0.775. The standard InChI is InChI=1S/C19H17OP.ClH/c1-4-10-17(11-5-1)16-20-21(18-12-6-2-7-13-18)19-14-8-3-9-15-19;/h1-15H,16H2;1H. The van der Waals surface area contributed by atoms with Gasteiger partial charge in [0.25, 0.3) is 0 Å². The fraction of sp³-hybridized carbons (Fsp3) is 0.0526. The summed E-state index contributed by atoms with van der Waals surface area (Å²) in [6.45, 7) is 0.635. The van der Waals surface area contributed by atoms with Gasteiger partial charge in [-0.05, 0) is 5.56 Å². The number of halogens is 1. The molecule has 0 aliphatic rings. The smallest absolute Gasteiger partial charge is 0.0922 e. The molecule has 0 fully saturated rings. The molecule has 0 radical (unpaired) electrons. The van der Waals surface area contributed by atoms with Crippen LogP contribution in [0.2, 0.25) is 0 Å². The highest BCUT2D eigenvalue weighted by Gasteiger charge is 2.14. The van der Waals surface area contributed by atoms with Crippen LogP contribution >= 0.6 is 20.6 Å². The molecule has 0 unspecified atom stereocenters. The monoisotopic (exact) mass is 328 g/mol. The van der Waals surface area contributed by atoms with E-state index in [9.17, 15) is 0 Å². The molecule has 0 aromatic heterocycles. The van der Waals surface area contributed by atoms with Crippen LogP contribution < -0.4 is 10.6 Å². The van der Waals surface area contributed by atoms with E-state index in [1.54, 1.807) is 0 Å². The summed E-state index contributed by atoms with van der Waals surface area (Å²) >= 11 is 0. The molecule has 0 aliphatic heterocycles. The molecule has 0 spiro atoms. The molecule has 112 valence electrons. The molecule has 0 aliphatic carbocycles. The Kier molecular flexibility index (Phi) is 6.61. The summed E-state index contributed by atoms with van der Waals surface area (Å²) in [6, 6.07) is 31.3. The zero-order valence-corrected chi connectivity index (χ0v) is 13.8. The predicted molar refractivity (Wildman–Crippen MR) is 97.6 cm³/mol. The normalized spacial score (nSPS) is 10.2. The molecule has 0 saturated carbocycles. The van der Waals surface area contributed by atoms with Gasteiger partial charge < -0.3 is 4.52 Å². The quantitative estimate of drug-likeness (QED) is 0.618. The Bertz CT molecular complexity index is 619. The van der Waals surface area contributed by atoms with Crippen molar-refractivity contribution in [3.63, 3.8) is 0 Å². The van der Waals surface area contributed by atoms with Crippen LogP contribution in [0.4, 0.5) is 0 Å². The first-order chi connectivity index (χ1) is 10.4. The number of benzene rings is 3. The van der Waals surface area contributed by atoms with Crippen molar-refractivity contribution in [2.75, 3.05) is 0 Å². The molecule has 0 heterocycles. The van der Waals surface area contributed by atoms with Crippen LogP contribution in [0.5, 0.6) is 0 Å². The molecule has 3 aromatic rings. The Labute approximate surface area is 139 Å². The maximum atomic E-state index is 6.27. The summed E-state index contributed by atoms with van der Waals surface area (Å²) in [4.78, 5) is 0. The number of hydrogen-bond acceptors (Lipinski definition) is 1. The second-order valence-corrected chi connectivity index (χ2v) is 6.60. The Morgan fingerprint density at radius 3 is 1.45 bits per heavy atom. The number of hydrogen-bond donors (Lipinski definition) is 0. The van der Waals surface area contributed by atoms with E-state index in [0.717, 1.165) is 0 Å². The maximum Gasteiger partial charge on any atom is 0.0922 e. The highest BCUT2D eigenvalue weighted by molar-refractivity contribution is 7.68. The van der Waals surface area contributed by atoms with Gasteiger partial charge in [0.1, 0.15) is 0 Å². The fourth-order valence-electron chi connectivity index (χ4n) is 2.14. The maximum absolute atomic E-state index is 6.27. The van der Waals surface area contributed by atoms with Gasteiger partial charge in [0.15, 0.2) is 0 Å². The van der Waals surface area contributed by atoms with Gasteiger partial charge in [0.05, 0.1) is 14.8 Å². The molecule has 1 nitrogen and oxygen atoms in total. The molecule has 3 aromatic carbocycles. The summed E-state index contributed by atoms with van der Waals surface area (Å²) in [6.07, 6.45) is 0. The van der Waals surface area contributed by atoms with Crippen molar-refractivity contribution < 1.29 is 4.52 Å². The third-order valence-corrected chi connectivity index (χ3v) is 5.11. The van der Waals surface area contributed by atoms with E-state index in [2.05, 4.69) is 60.7 Å². The highest BCUT2D eigenvalue weighted by atomic mass is 35.5. The second kappa shape index (κ2) is 8.70. The van der Waals surface area contributed by atoms with Crippen molar-refractivity contribution in [1.82, 2.24) is 0 Å². The van der Waals surface area contributed by atoms with E-state index in [4.69, 9.17) is 4.52 Å². The van der Waals surface area contributed by atoms with E-state index < -0.39 is 8.15 Å².